The maximum Gasteiger partial charge on any atom is 0.314 e. The summed E-state index contributed by atoms with van der Waals surface area (Å²) < 4.78 is 0. The minimum atomic E-state index is -0.775. The molecule has 2 aliphatic carbocycles. The van der Waals surface area contributed by atoms with E-state index in [2.05, 4.69) is 17.6 Å². The number of hydrogen-bond donors (Lipinski definition) is 3. The highest BCUT2D eigenvalue weighted by Gasteiger charge is 2.41. The molecule has 2 amide bonds. The van der Waals surface area contributed by atoms with Crippen LogP contribution in [-0.2, 0) is 4.79 Å². The quantitative estimate of drug-likeness (QED) is 0.632. The van der Waals surface area contributed by atoms with E-state index in [9.17, 15) is 14.7 Å². The lowest BCUT2D eigenvalue weighted by atomic mass is 9.71. The first kappa shape index (κ1) is 16.1. The summed E-state index contributed by atoms with van der Waals surface area (Å²) in [6, 6.07) is -0.231. The summed E-state index contributed by atoms with van der Waals surface area (Å²) in [6.45, 7) is 3.08. The lowest BCUT2D eigenvalue weighted by Gasteiger charge is -2.35. The average molecular weight is 296 g/mol. The van der Waals surface area contributed by atoms with Crippen molar-refractivity contribution in [2.45, 2.75) is 58.3 Å². The highest BCUT2D eigenvalue weighted by Crippen LogP contribution is 2.38. The third kappa shape index (κ3) is 4.90. The highest BCUT2D eigenvalue weighted by molar-refractivity contribution is 5.78. The maximum absolute atomic E-state index is 11.8. The van der Waals surface area contributed by atoms with E-state index < -0.39 is 11.4 Å². The molecule has 0 saturated heterocycles. The molecule has 2 aliphatic rings. The molecular weight excluding hydrogens is 268 g/mol. The van der Waals surface area contributed by atoms with Crippen molar-refractivity contribution in [1.29, 1.82) is 0 Å². The van der Waals surface area contributed by atoms with Crippen LogP contribution in [-0.4, -0.2) is 30.2 Å². The van der Waals surface area contributed by atoms with E-state index in [0.717, 1.165) is 25.2 Å². The van der Waals surface area contributed by atoms with Gasteiger partial charge in [-0.25, -0.2) is 4.79 Å². The van der Waals surface area contributed by atoms with Crippen LogP contribution in [0, 0.1) is 17.3 Å². The number of carboxylic acids is 1. The number of hydrogen-bond acceptors (Lipinski definition) is 2. The summed E-state index contributed by atoms with van der Waals surface area (Å²) in [5.41, 5.74) is -0.766. The molecule has 2 rings (SSSR count). The molecule has 120 valence electrons. The molecule has 2 saturated carbocycles. The predicted molar refractivity (Wildman–Crippen MR) is 81.1 cm³/mol. The van der Waals surface area contributed by atoms with Crippen molar-refractivity contribution < 1.29 is 14.7 Å². The van der Waals surface area contributed by atoms with Crippen LogP contribution in [0.4, 0.5) is 4.79 Å². The monoisotopic (exact) mass is 296 g/mol. The lowest BCUT2D eigenvalue weighted by molar-refractivity contribution is -0.151. The van der Waals surface area contributed by atoms with E-state index in [1.807, 2.05) is 0 Å². The second-order valence-electron chi connectivity index (χ2n) is 6.96. The van der Waals surface area contributed by atoms with E-state index in [0.29, 0.717) is 25.3 Å². The molecule has 0 bridgehead atoms. The Balaban J connectivity index is 1.68. The standard InChI is InChI=1S/C16H28N2O3/c1-12-6-8-16(9-7-12,14(19)20)11-18-15(21)17-10-2-3-13-4-5-13/h12-13H,2-11H2,1H3,(H,19,20)(H2,17,18,21). The van der Waals surface area contributed by atoms with E-state index in [1.165, 1.54) is 19.3 Å². The largest absolute Gasteiger partial charge is 0.481 e. The summed E-state index contributed by atoms with van der Waals surface area (Å²) in [5.74, 6) is 0.700. The van der Waals surface area contributed by atoms with E-state index in [-0.39, 0.29) is 12.6 Å². The van der Waals surface area contributed by atoms with Gasteiger partial charge in [0.2, 0.25) is 0 Å². The van der Waals surface area contributed by atoms with Crippen LogP contribution in [0.5, 0.6) is 0 Å². The Bertz CT molecular complexity index is 372. The van der Waals surface area contributed by atoms with Crippen molar-refractivity contribution in [2.24, 2.45) is 17.3 Å². The van der Waals surface area contributed by atoms with Gasteiger partial charge in [-0.05, 0) is 50.4 Å². The SMILES string of the molecule is CC1CCC(CNC(=O)NCCCC2CC2)(C(=O)O)CC1. The maximum atomic E-state index is 11.8. The number of carboxylic acid groups (broad SMARTS) is 1. The summed E-state index contributed by atoms with van der Waals surface area (Å²) in [5, 5.41) is 15.1. The minimum absolute atomic E-state index is 0.231. The number of urea groups is 1. The number of carbonyl (C=O) groups is 2. The van der Waals surface area contributed by atoms with Gasteiger partial charge in [0.25, 0.3) is 0 Å². The van der Waals surface area contributed by atoms with Crippen LogP contribution < -0.4 is 10.6 Å². The Morgan fingerprint density at radius 1 is 1.14 bits per heavy atom. The van der Waals surface area contributed by atoms with Crippen molar-refractivity contribution in [3.05, 3.63) is 0 Å². The topological polar surface area (TPSA) is 78.4 Å². The third-order valence-electron chi connectivity index (χ3n) is 5.04. The number of aliphatic carboxylic acids is 1. The molecule has 0 atom stereocenters. The predicted octanol–water partition coefficient (Wildman–Crippen LogP) is 2.76. The van der Waals surface area contributed by atoms with Gasteiger partial charge in [-0.3, -0.25) is 4.79 Å². The molecule has 2 fully saturated rings. The molecule has 5 heteroatoms. The Labute approximate surface area is 126 Å². The summed E-state index contributed by atoms with van der Waals surface area (Å²) in [7, 11) is 0. The second kappa shape index (κ2) is 7.14. The van der Waals surface area contributed by atoms with E-state index in [4.69, 9.17) is 0 Å². The first-order valence-electron chi connectivity index (χ1n) is 8.27. The molecule has 0 radical (unpaired) electrons. The normalized spacial score (nSPS) is 28.9. The van der Waals surface area contributed by atoms with Crippen LogP contribution >= 0.6 is 0 Å². The van der Waals surface area contributed by atoms with Crippen LogP contribution in [0.3, 0.4) is 0 Å². The van der Waals surface area contributed by atoms with Crippen molar-refractivity contribution in [3.63, 3.8) is 0 Å². The first-order valence-corrected chi connectivity index (χ1v) is 8.27. The number of nitrogens with one attached hydrogen (secondary N) is 2. The fraction of sp³-hybridized carbons (Fsp3) is 0.875. The Morgan fingerprint density at radius 2 is 1.81 bits per heavy atom. The smallest absolute Gasteiger partial charge is 0.314 e. The zero-order valence-electron chi connectivity index (χ0n) is 13.0. The molecule has 0 spiro atoms. The zero-order chi connectivity index (χ0) is 15.3. The fourth-order valence-electron chi connectivity index (χ4n) is 3.09. The number of carbonyl (C=O) groups excluding carboxylic acids is 1. The number of amides is 2. The molecule has 0 aromatic heterocycles. The third-order valence-corrected chi connectivity index (χ3v) is 5.04. The fourth-order valence-corrected chi connectivity index (χ4v) is 3.09. The zero-order valence-corrected chi connectivity index (χ0v) is 13.0. The molecule has 5 nitrogen and oxygen atoms in total. The Morgan fingerprint density at radius 3 is 2.38 bits per heavy atom. The van der Waals surface area contributed by atoms with Gasteiger partial charge < -0.3 is 15.7 Å². The first-order chi connectivity index (χ1) is 10.0. The van der Waals surface area contributed by atoms with Gasteiger partial charge in [0.05, 0.1) is 5.41 Å². The highest BCUT2D eigenvalue weighted by atomic mass is 16.4. The summed E-state index contributed by atoms with van der Waals surface area (Å²) in [6.07, 6.45) is 8.05. The molecule has 0 unspecified atom stereocenters. The summed E-state index contributed by atoms with van der Waals surface area (Å²) in [4.78, 5) is 23.3. The van der Waals surface area contributed by atoms with Gasteiger partial charge in [-0.2, -0.15) is 0 Å². The van der Waals surface area contributed by atoms with E-state index in [1.54, 1.807) is 0 Å². The molecular formula is C16H28N2O3. The average Bonchev–Trinajstić information content (AvgIpc) is 3.27. The molecule has 0 aromatic carbocycles. The van der Waals surface area contributed by atoms with Crippen LogP contribution in [0.15, 0.2) is 0 Å². The Hall–Kier alpha value is -1.26. The van der Waals surface area contributed by atoms with Gasteiger partial charge in [-0.1, -0.05) is 19.8 Å². The van der Waals surface area contributed by atoms with Crippen LogP contribution in [0.2, 0.25) is 0 Å². The molecule has 21 heavy (non-hydrogen) atoms. The number of rotatable bonds is 7. The van der Waals surface area contributed by atoms with Crippen molar-refractivity contribution in [2.75, 3.05) is 13.1 Å². The molecule has 0 aliphatic heterocycles. The van der Waals surface area contributed by atoms with Gasteiger partial charge in [0.15, 0.2) is 0 Å². The second-order valence-corrected chi connectivity index (χ2v) is 6.96. The molecule has 0 aromatic rings. The van der Waals surface area contributed by atoms with Crippen molar-refractivity contribution >= 4 is 12.0 Å². The van der Waals surface area contributed by atoms with Gasteiger partial charge in [-0.15, -0.1) is 0 Å². The van der Waals surface area contributed by atoms with Gasteiger partial charge >= 0.3 is 12.0 Å². The van der Waals surface area contributed by atoms with Gasteiger partial charge in [0, 0.05) is 13.1 Å². The minimum Gasteiger partial charge on any atom is -0.481 e. The van der Waals surface area contributed by atoms with Crippen molar-refractivity contribution in [3.8, 4) is 0 Å². The molecule has 3 N–H and O–H groups in total. The summed E-state index contributed by atoms with van der Waals surface area (Å²) >= 11 is 0. The van der Waals surface area contributed by atoms with E-state index >= 15 is 0 Å². The molecule has 0 heterocycles. The van der Waals surface area contributed by atoms with Crippen LogP contribution in [0.1, 0.15) is 58.3 Å². The Kier molecular flexibility index (Phi) is 5.48. The lowest BCUT2D eigenvalue weighted by Crippen LogP contribution is -2.47. The van der Waals surface area contributed by atoms with Crippen molar-refractivity contribution in [1.82, 2.24) is 10.6 Å². The van der Waals surface area contributed by atoms with Gasteiger partial charge in [0.1, 0.15) is 0 Å². The van der Waals surface area contributed by atoms with Crippen LogP contribution in [0.25, 0.3) is 0 Å².